The second-order valence-corrected chi connectivity index (χ2v) is 8.05. The number of halogens is 1. The SMILES string of the molecule is CC(C)(C)c1ccc(-c2cc(C(=O)C(C#N)NNc3cccc(Cl)c3)no2)cc1. The molecule has 0 fully saturated rings. The normalized spacial score (nSPS) is 12.2. The number of nitriles is 1. The van der Waals surface area contributed by atoms with Gasteiger partial charge in [0.2, 0.25) is 5.78 Å². The van der Waals surface area contributed by atoms with Crippen LogP contribution in [0.25, 0.3) is 11.3 Å². The van der Waals surface area contributed by atoms with E-state index in [0.29, 0.717) is 16.5 Å². The fourth-order valence-electron chi connectivity index (χ4n) is 2.69. The van der Waals surface area contributed by atoms with E-state index in [1.807, 2.05) is 30.3 Å². The third-order valence-corrected chi connectivity index (χ3v) is 4.61. The lowest BCUT2D eigenvalue weighted by Gasteiger charge is -2.18. The molecule has 1 atom stereocenters. The minimum absolute atomic E-state index is 0.0444. The van der Waals surface area contributed by atoms with Gasteiger partial charge in [-0.3, -0.25) is 4.79 Å². The molecule has 2 aromatic carbocycles. The van der Waals surface area contributed by atoms with E-state index in [2.05, 4.69) is 36.8 Å². The van der Waals surface area contributed by atoms with Crippen molar-refractivity contribution in [3.05, 3.63) is 70.9 Å². The van der Waals surface area contributed by atoms with Crippen LogP contribution >= 0.6 is 11.6 Å². The molecule has 0 bridgehead atoms. The predicted molar refractivity (Wildman–Crippen MR) is 113 cm³/mol. The molecule has 3 aromatic rings. The second kappa shape index (κ2) is 8.48. The van der Waals surface area contributed by atoms with Crippen LogP contribution in [0.1, 0.15) is 36.8 Å². The Morgan fingerprint density at radius 1 is 1.17 bits per heavy atom. The van der Waals surface area contributed by atoms with Crippen molar-refractivity contribution < 1.29 is 9.32 Å². The van der Waals surface area contributed by atoms with E-state index < -0.39 is 11.8 Å². The zero-order valence-corrected chi connectivity index (χ0v) is 17.1. The maximum Gasteiger partial charge on any atom is 0.217 e. The number of carbonyl (C=O) groups excluding carboxylic acids is 1. The van der Waals surface area contributed by atoms with Gasteiger partial charge in [-0.1, -0.05) is 67.9 Å². The summed E-state index contributed by atoms with van der Waals surface area (Å²) in [6.07, 6.45) is 0. The van der Waals surface area contributed by atoms with Gasteiger partial charge in [0.05, 0.1) is 11.8 Å². The molecule has 1 unspecified atom stereocenters. The molecule has 148 valence electrons. The van der Waals surface area contributed by atoms with Crippen LogP contribution in [0, 0.1) is 11.3 Å². The number of nitrogens with zero attached hydrogens (tertiary/aromatic N) is 2. The van der Waals surface area contributed by atoms with Gasteiger partial charge in [-0.05, 0) is 29.2 Å². The minimum atomic E-state index is -1.14. The van der Waals surface area contributed by atoms with E-state index in [1.54, 1.807) is 30.3 Å². The molecule has 6 nitrogen and oxygen atoms in total. The largest absolute Gasteiger partial charge is 0.356 e. The first kappa shape index (κ1) is 20.6. The van der Waals surface area contributed by atoms with Crippen molar-refractivity contribution in [2.45, 2.75) is 32.2 Å². The van der Waals surface area contributed by atoms with Gasteiger partial charge in [0, 0.05) is 16.7 Å². The summed E-state index contributed by atoms with van der Waals surface area (Å²) < 4.78 is 5.32. The fourth-order valence-corrected chi connectivity index (χ4v) is 2.88. The number of anilines is 1. The van der Waals surface area contributed by atoms with Gasteiger partial charge >= 0.3 is 0 Å². The van der Waals surface area contributed by atoms with E-state index >= 15 is 0 Å². The van der Waals surface area contributed by atoms with Crippen LogP contribution < -0.4 is 10.9 Å². The van der Waals surface area contributed by atoms with Crippen LogP contribution in [0.4, 0.5) is 5.69 Å². The summed E-state index contributed by atoms with van der Waals surface area (Å²) in [6.45, 7) is 6.42. The Balaban J connectivity index is 1.71. The first-order chi connectivity index (χ1) is 13.8. The van der Waals surface area contributed by atoms with Gasteiger partial charge in [-0.2, -0.15) is 5.26 Å². The van der Waals surface area contributed by atoms with Gasteiger partial charge in [0.1, 0.15) is 0 Å². The van der Waals surface area contributed by atoms with Crippen molar-refractivity contribution in [3.8, 4) is 17.4 Å². The molecule has 0 radical (unpaired) electrons. The van der Waals surface area contributed by atoms with Crippen LogP contribution in [-0.2, 0) is 5.41 Å². The number of ketones is 1. The number of nitrogens with one attached hydrogen (secondary N) is 2. The molecule has 1 aromatic heterocycles. The van der Waals surface area contributed by atoms with Crippen molar-refractivity contribution in [3.63, 3.8) is 0 Å². The van der Waals surface area contributed by atoms with E-state index in [0.717, 1.165) is 5.56 Å². The molecule has 0 aliphatic carbocycles. The van der Waals surface area contributed by atoms with Crippen molar-refractivity contribution in [2.24, 2.45) is 0 Å². The van der Waals surface area contributed by atoms with E-state index in [9.17, 15) is 10.1 Å². The fraction of sp³-hybridized carbons (Fsp3) is 0.227. The van der Waals surface area contributed by atoms with Crippen LogP contribution in [0.15, 0.2) is 59.1 Å². The highest BCUT2D eigenvalue weighted by Crippen LogP contribution is 2.26. The highest BCUT2D eigenvalue weighted by molar-refractivity contribution is 6.30. The molecule has 1 heterocycles. The lowest BCUT2D eigenvalue weighted by Crippen LogP contribution is -2.39. The molecule has 7 heteroatoms. The molecule has 2 N–H and O–H groups in total. The highest BCUT2D eigenvalue weighted by atomic mass is 35.5. The number of hydrazine groups is 1. The third kappa shape index (κ3) is 5.02. The second-order valence-electron chi connectivity index (χ2n) is 7.61. The molecule has 29 heavy (non-hydrogen) atoms. The van der Waals surface area contributed by atoms with Crippen molar-refractivity contribution >= 4 is 23.1 Å². The molecule has 0 aliphatic heterocycles. The van der Waals surface area contributed by atoms with Gasteiger partial charge < -0.3 is 9.95 Å². The van der Waals surface area contributed by atoms with Crippen molar-refractivity contribution in [1.82, 2.24) is 10.6 Å². The van der Waals surface area contributed by atoms with Crippen LogP contribution in [0.2, 0.25) is 5.02 Å². The van der Waals surface area contributed by atoms with Crippen molar-refractivity contribution in [2.75, 3.05) is 5.43 Å². The molecule has 0 saturated carbocycles. The van der Waals surface area contributed by atoms with Gasteiger partial charge in [-0.25, -0.2) is 5.43 Å². The quantitative estimate of drug-likeness (QED) is 0.441. The smallest absolute Gasteiger partial charge is 0.217 e. The molecular weight excluding hydrogens is 388 g/mol. The van der Waals surface area contributed by atoms with E-state index in [4.69, 9.17) is 16.1 Å². The Hall–Kier alpha value is -3.14. The number of rotatable bonds is 6. The topological polar surface area (TPSA) is 91.0 Å². The first-order valence-corrected chi connectivity index (χ1v) is 9.44. The first-order valence-electron chi connectivity index (χ1n) is 9.06. The maximum atomic E-state index is 12.6. The lowest BCUT2D eigenvalue weighted by molar-refractivity contribution is 0.0960. The highest BCUT2D eigenvalue weighted by Gasteiger charge is 2.23. The Labute approximate surface area is 174 Å². The molecule has 3 rings (SSSR count). The zero-order valence-electron chi connectivity index (χ0n) is 16.4. The van der Waals surface area contributed by atoms with Gasteiger partial charge in [0.25, 0.3) is 0 Å². The predicted octanol–water partition coefficient (Wildman–Crippen LogP) is 4.98. The summed E-state index contributed by atoms with van der Waals surface area (Å²) in [5.74, 6) is -0.0309. The van der Waals surface area contributed by atoms with E-state index in [-0.39, 0.29) is 11.1 Å². The zero-order chi connectivity index (χ0) is 21.0. The Morgan fingerprint density at radius 2 is 1.90 bits per heavy atom. The Morgan fingerprint density at radius 3 is 2.52 bits per heavy atom. The number of aromatic nitrogens is 1. The average Bonchev–Trinajstić information content (AvgIpc) is 3.18. The molecule has 0 amide bonds. The summed E-state index contributed by atoms with van der Waals surface area (Å²) in [6, 6.07) is 17.1. The Bertz CT molecular complexity index is 1050. The number of Topliss-reactive ketones (excluding diaryl/α,β-unsaturated/α-hetero) is 1. The van der Waals surface area contributed by atoms with Crippen LogP contribution in [0.5, 0.6) is 0 Å². The van der Waals surface area contributed by atoms with Crippen molar-refractivity contribution in [1.29, 1.82) is 5.26 Å². The maximum absolute atomic E-state index is 12.6. The molecular formula is C22H21ClN4O2. The van der Waals surface area contributed by atoms with Crippen LogP contribution in [-0.4, -0.2) is 17.0 Å². The standard InChI is InChI=1S/C22H21ClN4O2/c1-22(2,3)15-9-7-14(8-10-15)20-12-18(27-29-20)21(28)19(13-24)26-25-17-6-4-5-16(23)11-17/h4-12,19,25-26H,1-3H3. The monoisotopic (exact) mass is 408 g/mol. The molecule has 0 saturated heterocycles. The van der Waals surface area contributed by atoms with Gasteiger partial charge in [0.15, 0.2) is 17.5 Å². The summed E-state index contributed by atoms with van der Waals surface area (Å²) in [5, 5.41) is 13.7. The number of carbonyl (C=O) groups is 1. The minimum Gasteiger partial charge on any atom is -0.356 e. The summed E-state index contributed by atoms with van der Waals surface area (Å²) in [7, 11) is 0. The van der Waals surface area contributed by atoms with E-state index in [1.165, 1.54) is 5.56 Å². The number of benzene rings is 2. The Kier molecular flexibility index (Phi) is 6.02. The summed E-state index contributed by atoms with van der Waals surface area (Å²) >= 11 is 5.93. The summed E-state index contributed by atoms with van der Waals surface area (Å²) in [5.41, 5.74) is 8.24. The molecule has 0 spiro atoms. The summed E-state index contributed by atoms with van der Waals surface area (Å²) in [4.78, 5) is 12.6. The molecule has 0 aliphatic rings. The average molecular weight is 409 g/mol. The number of hydrogen-bond acceptors (Lipinski definition) is 6. The van der Waals surface area contributed by atoms with Gasteiger partial charge in [-0.15, -0.1) is 0 Å². The lowest BCUT2D eigenvalue weighted by atomic mass is 9.86. The number of hydrogen-bond donors (Lipinski definition) is 2. The van der Waals surface area contributed by atoms with Crippen LogP contribution in [0.3, 0.4) is 0 Å². The third-order valence-electron chi connectivity index (χ3n) is 4.37.